The number of carbonyl (C=O) groups excluding carboxylic acids is 2. The van der Waals surface area contributed by atoms with Gasteiger partial charge >= 0.3 is 12.1 Å². The standard InChI is InChI=1S/C20H22F4N2O3S/c1-5-6-9-26-15(18(28)29-4)16(11(2)3)30-19(26)25-17(27)13-10-12(20(22,23)24)7-8-14(13)21/h7-8,10-11H,5-6,9H2,1-4H3. The highest BCUT2D eigenvalue weighted by Crippen LogP contribution is 2.30. The van der Waals surface area contributed by atoms with Gasteiger partial charge in [-0.3, -0.25) is 4.79 Å². The van der Waals surface area contributed by atoms with Gasteiger partial charge in [0, 0.05) is 11.4 Å². The second-order valence-corrected chi connectivity index (χ2v) is 7.87. The van der Waals surface area contributed by atoms with Gasteiger partial charge in [0.1, 0.15) is 11.5 Å². The molecule has 0 spiro atoms. The summed E-state index contributed by atoms with van der Waals surface area (Å²) < 4.78 is 59.3. The number of carbonyl (C=O) groups is 2. The van der Waals surface area contributed by atoms with Crippen molar-refractivity contribution in [1.82, 2.24) is 4.57 Å². The molecule has 2 rings (SSSR count). The Kier molecular flexibility index (Phi) is 7.57. The van der Waals surface area contributed by atoms with E-state index in [0.29, 0.717) is 36.0 Å². The highest BCUT2D eigenvalue weighted by Gasteiger charge is 2.32. The maximum atomic E-state index is 14.1. The summed E-state index contributed by atoms with van der Waals surface area (Å²) in [5.74, 6) is -2.96. The third kappa shape index (κ3) is 5.16. The monoisotopic (exact) mass is 446 g/mol. The first-order valence-electron chi connectivity index (χ1n) is 9.28. The van der Waals surface area contributed by atoms with Crippen LogP contribution in [0.15, 0.2) is 23.2 Å². The van der Waals surface area contributed by atoms with Crippen LogP contribution in [0.3, 0.4) is 0 Å². The average molecular weight is 446 g/mol. The van der Waals surface area contributed by atoms with Gasteiger partial charge < -0.3 is 9.30 Å². The molecule has 164 valence electrons. The van der Waals surface area contributed by atoms with Crippen molar-refractivity contribution < 1.29 is 31.9 Å². The zero-order valence-corrected chi connectivity index (χ0v) is 17.8. The minimum atomic E-state index is -4.73. The van der Waals surface area contributed by atoms with Crippen molar-refractivity contribution in [2.24, 2.45) is 4.99 Å². The van der Waals surface area contributed by atoms with Crippen molar-refractivity contribution in [2.75, 3.05) is 7.11 Å². The van der Waals surface area contributed by atoms with Crippen LogP contribution < -0.4 is 4.80 Å². The lowest BCUT2D eigenvalue weighted by molar-refractivity contribution is -0.137. The van der Waals surface area contributed by atoms with Crippen LogP contribution in [0, 0.1) is 5.82 Å². The number of benzene rings is 1. The summed E-state index contributed by atoms with van der Waals surface area (Å²) >= 11 is 1.06. The lowest BCUT2D eigenvalue weighted by Crippen LogP contribution is -2.23. The van der Waals surface area contributed by atoms with Crippen LogP contribution in [0.5, 0.6) is 0 Å². The third-order valence-corrected chi connectivity index (χ3v) is 5.67. The molecule has 0 aliphatic rings. The van der Waals surface area contributed by atoms with Crippen molar-refractivity contribution in [3.05, 3.63) is 50.5 Å². The normalized spacial score (nSPS) is 12.5. The van der Waals surface area contributed by atoms with Gasteiger partial charge in [-0.2, -0.15) is 18.2 Å². The minimum Gasteiger partial charge on any atom is -0.464 e. The number of rotatable bonds is 6. The molecular weight excluding hydrogens is 424 g/mol. The molecule has 30 heavy (non-hydrogen) atoms. The molecule has 0 radical (unpaired) electrons. The molecule has 0 bridgehead atoms. The molecular formula is C20H22F4N2O3S. The number of esters is 1. The SMILES string of the molecule is CCCCn1c(C(=O)OC)c(C(C)C)sc1=NC(=O)c1cc(C(F)(F)F)ccc1F. The molecule has 1 heterocycles. The van der Waals surface area contributed by atoms with E-state index in [1.807, 2.05) is 20.8 Å². The van der Waals surface area contributed by atoms with Gasteiger partial charge in [-0.15, -0.1) is 11.3 Å². The number of unbranched alkanes of at least 4 members (excludes halogenated alkanes) is 1. The van der Waals surface area contributed by atoms with Gasteiger partial charge in [0.2, 0.25) is 0 Å². The van der Waals surface area contributed by atoms with E-state index in [-0.39, 0.29) is 16.4 Å². The topological polar surface area (TPSA) is 60.7 Å². The molecule has 0 saturated heterocycles. The first kappa shape index (κ1) is 23.8. The van der Waals surface area contributed by atoms with Crippen LogP contribution in [-0.4, -0.2) is 23.6 Å². The Morgan fingerprint density at radius 1 is 1.27 bits per heavy atom. The van der Waals surface area contributed by atoms with E-state index in [1.165, 1.54) is 11.7 Å². The Labute approximate surface area is 175 Å². The van der Waals surface area contributed by atoms with E-state index in [9.17, 15) is 27.2 Å². The molecule has 0 unspecified atom stereocenters. The summed E-state index contributed by atoms with van der Waals surface area (Å²) in [4.78, 5) is 29.5. The second kappa shape index (κ2) is 9.55. The highest BCUT2D eigenvalue weighted by molar-refractivity contribution is 7.09. The molecule has 0 saturated carbocycles. The van der Waals surface area contributed by atoms with Crippen LogP contribution in [0.25, 0.3) is 0 Å². The highest BCUT2D eigenvalue weighted by atomic mass is 32.1. The molecule has 5 nitrogen and oxygen atoms in total. The van der Waals surface area contributed by atoms with Crippen molar-refractivity contribution in [1.29, 1.82) is 0 Å². The number of thiazole rings is 1. The van der Waals surface area contributed by atoms with Gasteiger partial charge in [0.15, 0.2) is 4.80 Å². The Balaban J connectivity index is 2.68. The van der Waals surface area contributed by atoms with Crippen LogP contribution in [0.1, 0.15) is 70.8 Å². The van der Waals surface area contributed by atoms with Crippen molar-refractivity contribution >= 4 is 23.2 Å². The average Bonchev–Trinajstić information content (AvgIpc) is 3.03. The van der Waals surface area contributed by atoms with Crippen LogP contribution in [-0.2, 0) is 17.5 Å². The van der Waals surface area contributed by atoms with E-state index < -0.39 is 35.0 Å². The van der Waals surface area contributed by atoms with Gasteiger partial charge in [-0.25, -0.2) is 9.18 Å². The molecule has 0 aliphatic heterocycles. The first-order chi connectivity index (χ1) is 14.0. The Morgan fingerprint density at radius 2 is 1.93 bits per heavy atom. The molecule has 1 aromatic carbocycles. The van der Waals surface area contributed by atoms with E-state index >= 15 is 0 Å². The maximum absolute atomic E-state index is 14.1. The number of amides is 1. The Morgan fingerprint density at radius 3 is 2.47 bits per heavy atom. The van der Waals surface area contributed by atoms with Crippen LogP contribution in [0.4, 0.5) is 17.6 Å². The minimum absolute atomic E-state index is 0.0960. The Bertz CT molecular complexity index is 1010. The predicted molar refractivity (Wildman–Crippen MR) is 104 cm³/mol. The van der Waals surface area contributed by atoms with Crippen LogP contribution >= 0.6 is 11.3 Å². The van der Waals surface area contributed by atoms with Crippen molar-refractivity contribution in [3.63, 3.8) is 0 Å². The smallest absolute Gasteiger partial charge is 0.416 e. The van der Waals surface area contributed by atoms with E-state index in [2.05, 4.69) is 4.99 Å². The van der Waals surface area contributed by atoms with Gasteiger partial charge in [-0.05, 0) is 30.5 Å². The number of alkyl halides is 3. The van der Waals surface area contributed by atoms with E-state index in [4.69, 9.17) is 4.74 Å². The fraction of sp³-hybridized carbons (Fsp3) is 0.450. The molecule has 0 atom stereocenters. The lowest BCUT2D eigenvalue weighted by Gasteiger charge is -2.10. The molecule has 0 aliphatic carbocycles. The summed E-state index contributed by atoms with van der Waals surface area (Å²) in [6, 6.07) is 1.59. The molecule has 2 aromatic rings. The number of ether oxygens (including phenoxy) is 1. The number of aromatic nitrogens is 1. The molecule has 0 fully saturated rings. The van der Waals surface area contributed by atoms with Crippen molar-refractivity contribution in [3.8, 4) is 0 Å². The fourth-order valence-electron chi connectivity index (χ4n) is 2.75. The van der Waals surface area contributed by atoms with E-state index in [0.717, 1.165) is 17.8 Å². The number of methoxy groups -OCH3 is 1. The van der Waals surface area contributed by atoms with E-state index in [1.54, 1.807) is 0 Å². The molecule has 1 aromatic heterocycles. The fourth-order valence-corrected chi connectivity index (χ4v) is 3.89. The predicted octanol–water partition coefficient (Wildman–Crippen LogP) is 5.16. The molecule has 0 N–H and O–H groups in total. The quantitative estimate of drug-likeness (QED) is 0.455. The number of nitrogens with zero attached hydrogens (tertiary/aromatic N) is 2. The second-order valence-electron chi connectivity index (χ2n) is 6.86. The Hall–Kier alpha value is -2.49. The number of halogens is 4. The number of hydrogen-bond acceptors (Lipinski definition) is 4. The first-order valence-corrected chi connectivity index (χ1v) is 10.1. The summed E-state index contributed by atoms with van der Waals surface area (Å²) in [6.45, 7) is 5.98. The maximum Gasteiger partial charge on any atom is 0.416 e. The van der Waals surface area contributed by atoms with Gasteiger partial charge in [-0.1, -0.05) is 27.2 Å². The molecule has 10 heteroatoms. The largest absolute Gasteiger partial charge is 0.464 e. The summed E-state index contributed by atoms with van der Waals surface area (Å²) in [7, 11) is 1.23. The van der Waals surface area contributed by atoms with Crippen LogP contribution in [0.2, 0.25) is 0 Å². The van der Waals surface area contributed by atoms with Gasteiger partial charge in [0.05, 0.1) is 18.2 Å². The zero-order valence-electron chi connectivity index (χ0n) is 17.0. The summed E-state index contributed by atoms with van der Waals surface area (Å²) in [5, 5.41) is 0. The molecule has 1 amide bonds. The van der Waals surface area contributed by atoms with Gasteiger partial charge in [0.25, 0.3) is 5.91 Å². The summed E-state index contributed by atoms with van der Waals surface area (Å²) in [5.41, 5.74) is -1.70. The van der Waals surface area contributed by atoms with Crippen molar-refractivity contribution in [2.45, 2.75) is 52.3 Å². The summed E-state index contributed by atoms with van der Waals surface area (Å²) in [6.07, 6.45) is -3.27. The third-order valence-electron chi connectivity index (χ3n) is 4.30. The zero-order chi connectivity index (χ0) is 22.6. The number of hydrogen-bond donors (Lipinski definition) is 0. The lowest BCUT2D eigenvalue weighted by atomic mass is 10.1.